The van der Waals surface area contributed by atoms with Crippen molar-refractivity contribution in [2.75, 3.05) is 10.6 Å². The molecule has 8 heteroatoms. The molecule has 0 amide bonds. The molecular weight excluding hydrogens is 347 g/mol. The van der Waals surface area contributed by atoms with E-state index < -0.39 is 0 Å². The van der Waals surface area contributed by atoms with Crippen LogP contribution in [0.5, 0.6) is 0 Å². The van der Waals surface area contributed by atoms with Gasteiger partial charge in [0.25, 0.3) is 0 Å². The van der Waals surface area contributed by atoms with Crippen molar-refractivity contribution >= 4 is 46.3 Å². The summed E-state index contributed by atoms with van der Waals surface area (Å²) in [5.74, 6) is 0.737. The first-order valence-corrected chi connectivity index (χ1v) is 7.59. The first kappa shape index (κ1) is 16.0. The summed E-state index contributed by atoms with van der Waals surface area (Å²) < 4.78 is 0. The van der Waals surface area contributed by atoms with Gasteiger partial charge in [-0.3, -0.25) is 0 Å². The van der Waals surface area contributed by atoms with E-state index in [1.54, 1.807) is 42.5 Å². The average Bonchev–Trinajstić information content (AvgIpc) is 2.59. The zero-order valence-corrected chi connectivity index (χ0v) is 13.7. The number of halogens is 2. The van der Waals surface area contributed by atoms with Gasteiger partial charge in [-0.25, -0.2) is 0 Å². The minimum Gasteiger partial charge on any atom is -0.338 e. The van der Waals surface area contributed by atoms with E-state index in [1.807, 2.05) is 0 Å². The summed E-state index contributed by atoms with van der Waals surface area (Å²) in [5, 5.41) is 23.6. The molecule has 0 aliphatic heterocycles. The molecular formula is C16H10Cl2N6. The Labute approximate surface area is 148 Å². The first-order valence-electron chi connectivity index (χ1n) is 6.83. The van der Waals surface area contributed by atoms with Gasteiger partial charge in [0.05, 0.1) is 33.6 Å². The normalized spacial score (nSPS) is 10.0. The van der Waals surface area contributed by atoms with Crippen LogP contribution in [0.2, 0.25) is 10.0 Å². The minimum atomic E-state index is 0.285. The highest BCUT2D eigenvalue weighted by Crippen LogP contribution is 2.31. The van der Waals surface area contributed by atoms with E-state index in [-0.39, 0.29) is 5.95 Å². The van der Waals surface area contributed by atoms with Crippen LogP contribution in [-0.2, 0) is 0 Å². The lowest BCUT2D eigenvalue weighted by Gasteiger charge is -2.09. The molecule has 0 aliphatic rings. The van der Waals surface area contributed by atoms with Gasteiger partial charge in [0.1, 0.15) is 0 Å². The summed E-state index contributed by atoms with van der Waals surface area (Å²) in [5.41, 5.74) is 1.84. The molecule has 2 aromatic carbocycles. The zero-order chi connectivity index (χ0) is 16.9. The van der Waals surface area contributed by atoms with E-state index in [9.17, 15) is 0 Å². The smallest absolute Gasteiger partial charge is 0.249 e. The lowest BCUT2D eigenvalue weighted by Crippen LogP contribution is -2.02. The number of benzene rings is 2. The highest BCUT2D eigenvalue weighted by Gasteiger charge is 2.07. The molecule has 2 N–H and O–H groups in total. The lowest BCUT2D eigenvalue weighted by atomic mass is 10.2. The fraction of sp³-hybridized carbons (Fsp3) is 0. The van der Waals surface area contributed by atoms with Crippen molar-refractivity contribution in [2.45, 2.75) is 0 Å². The summed E-state index contributed by atoms with van der Waals surface area (Å²) in [4.78, 5) is 4.31. The van der Waals surface area contributed by atoms with Crippen LogP contribution >= 0.6 is 23.2 Å². The Balaban J connectivity index is 1.81. The van der Waals surface area contributed by atoms with Crippen LogP contribution in [0.1, 0.15) is 5.56 Å². The molecule has 1 heterocycles. The van der Waals surface area contributed by atoms with Crippen LogP contribution < -0.4 is 10.6 Å². The maximum atomic E-state index is 8.93. The van der Waals surface area contributed by atoms with Crippen molar-refractivity contribution < 1.29 is 0 Å². The molecule has 3 aromatic rings. The number of hydrogen-bond acceptors (Lipinski definition) is 6. The van der Waals surface area contributed by atoms with Crippen molar-refractivity contribution in [1.82, 2.24) is 15.2 Å². The quantitative estimate of drug-likeness (QED) is 0.713. The Kier molecular flexibility index (Phi) is 4.75. The van der Waals surface area contributed by atoms with Gasteiger partial charge in [-0.05, 0) is 30.3 Å². The van der Waals surface area contributed by atoms with Crippen molar-refractivity contribution in [3.05, 3.63) is 64.3 Å². The van der Waals surface area contributed by atoms with Crippen molar-refractivity contribution in [3.8, 4) is 6.07 Å². The van der Waals surface area contributed by atoms with Gasteiger partial charge in [-0.2, -0.15) is 15.3 Å². The number of hydrogen-bond donors (Lipinski definition) is 2. The molecule has 1 aromatic heterocycles. The Hall–Kier alpha value is -2.88. The van der Waals surface area contributed by atoms with E-state index in [4.69, 9.17) is 28.5 Å². The minimum absolute atomic E-state index is 0.285. The summed E-state index contributed by atoms with van der Waals surface area (Å²) in [6.07, 6.45) is 1.47. The zero-order valence-electron chi connectivity index (χ0n) is 12.2. The number of nitriles is 1. The molecule has 0 bridgehead atoms. The van der Waals surface area contributed by atoms with Gasteiger partial charge < -0.3 is 10.6 Å². The van der Waals surface area contributed by atoms with E-state index in [2.05, 4.69) is 31.9 Å². The molecule has 0 saturated heterocycles. The van der Waals surface area contributed by atoms with Gasteiger partial charge in [0, 0.05) is 5.69 Å². The number of nitrogens with zero attached hydrogens (tertiary/aromatic N) is 4. The molecule has 118 valence electrons. The second kappa shape index (κ2) is 7.13. The Bertz CT molecular complexity index is 922. The number of rotatable bonds is 4. The SMILES string of the molecule is N#Cc1cccc(Nc2nncc(Nc3cccc(Cl)c3Cl)n2)c1. The van der Waals surface area contributed by atoms with Gasteiger partial charge in [-0.15, -0.1) is 5.10 Å². The Morgan fingerprint density at radius 2 is 1.88 bits per heavy atom. The molecule has 3 rings (SSSR count). The van der Waals surface area contributed by atoms with Crippen LogP contribution in [-0.4, -0.2) is 15.2 Å². The van der Waals surface area contributed by atoms with Crippen LogP contribution in [0, 0.1) is 11.3 Å². The number of aromatic nitrogens is 3. The Morgan fingerprint density at radius 1 is 1.04 bits per heavy atom. The topological polar surface area (TPSA) is 86.5 Å². The predicted molar refractivity (Wildman–Crippen MR) is 94.0 cm³/mol. The molecule has 0 fully saturated rings. The van der Waals surface area contributed by atoms with E-state index in [1.165, 1.54) is 6.20 Å². The largest absolute Gasteiger partial charge is 0.338 e. The third-order valence-corrected chi connectivity index (χ3v) is 3.84. The molecule has 24 heavy (non-hydrogen) atoms. The maximum Gasteiger partial charge on any atom is 0.249 e. The van der Waals surface area contributed by atoms with Crippen molar-refractivity contribution in [3.63, 3.8) is 0 Å². The lowest BCUT2D eigenvalue weighted by molar-refractivity contribution is 0.982. The number of nitrogens with one attached hydrogen (secondary N) is 2. The standard InChI is InChI=1S/C16H10Cl2N6/c17-12-5-2-6-13(15(12)18)22-14-9-20-24-16(23-14)21-11-4-1-3-10(7-11)8-19/h1-7,9H,(H2,21,22,23,24). The predicted octanol–water partition coefficient (Wildman–Crippen LogP) is 4.54. The third kappa shape index (κ3) is 3.71. The van der Waals surface area contributed by atoms with E-state index >= 15 is 0 Å². The van der Waals surface area contributed by atoms with Crippen molar-refractivity contribution in [2.24, 2.45) is 0 Å². The average molecular weight is 357 g/mol. The molecule has 0 unspecified atom stereocenters. The monoisotopic (exact) mass is 356 g/mol. The van der Waals surface area contributed by atoms with Gasteiger partial charge >= 0.3 is 0 Å². The molecule has 0 spiro atoms. The highest BCUT2D eigenvalue weighted by molar-refractivity contribution is 6.43. The van der Waals surface area contributed by atoms with Crippen LogP contribution in [0.25, 0.3) is 0 Å². The summed E-state index contributed by atoms with van der Waals surface area (Å²) in [6.45, 7) is 0. The molecule has 6 nitrogen and oxygen atoms in total. The van der Waals surface area contributed by atoms with Gasteiger partial charge in [0.2, 0.25) is 5.95 Å². The van der Waals surface area contributed by atoms with E-state index in [0.29, 0.717) is 32.8 Å². The van der Waals surface area contributed by atoms with Crippen LogP contribution in [0.4, 0.5) is 23.1 Å². The fourth-order valence-electron chi connectivity index (χ4n) is 1.95. The summed E-state index contributed by atoms with van der Waals surface area (Å²) >= 11 is 12.1. The fourth-order valence-corrected chi connectivity index (χ4v) is 2.30. The maximum absolute atomic E-state index is 8.93. The van der Waals surface area contributed by atoms with Gasteiger partial charge in [0.15, 0.2) is 5.82 Å². The van der Waals surface area contributed by atoms with Crippen LogP contribution in [0.3, 0.4) is 0 Å². The second-order valence-corrected chi connectivity index (χ2v) is 5.49. The van der Waals surface area contributed by atoms with E-state index in [0.717, 1.165) is 0 Å². The summed E-state index contributed by atoms with van der Waals surface area (Å²) in [6, 6.07) is 14.3. The third-order valence-electron chi connectivity index (χ3n) is 3.02. The van der Waals surface area contributed by atoms with Crippen LogP contribution in [0.15, 0.2) is 48.7 Å². The van der Waals surface area contributed by atoms with Crippen molar-refractivity contribution in [1.29, 1.82) is 5.26 Å². The summed E-state index contributed by atoms with van der Waals surface area (Å²) in [7, 11) is 0. The molecule has 0 radical (unpaired) electrons. The molecule has 0 saturated carbocycles. The molecule has 0 atom stereocenters. The Morgan fingerprint density at radius 3 is 2.71 bits per heavy atom. The first-order chi connectivity index (χ1) is 11.7. The number of anilines is 4. The second-order valence-electron chi connectivity index (χ2n) is 4.71. The molecule has 0 aliphatic carbocycles. The van der Waals surface area contributed by atoms with Gasteiger partial charge in [-0.1, -0.05) is 35.3 Å². The highest BCUT2D eigenvalue weighted by atomic mass is 35.5.